The maximum absolute atomic E-state index is 9.47. The zero-order valence-electron chi connectivity index (χ0n) is 11.6. The zero-order valence-corrected chi connectivity index (χ0v) is 11.6. The van der Waals surface area contributed by atoms with E-state index in [1.54, 1.807) is 6.92 Å². The Labute approximate surface area is 110 Å². The van der Waals surface area contributed by atoms with Gasteiger partial charge in [0.2, 0.25) is 0 Å². The molecule has 0 heterocycles. The molecule has 1 rings (SSSR count). The van der Waals surface area contributed by atoms with Crippen LogP contribution < -0.4 is 4.74 Å². The van der Waals surface area contributed by atoms with E-state index in [-0.39, 0.29) is 0 Å². The van der Waals surface area contributed by atoms with Gasteiger partial charge < -0.3 is 14.6 Å². The van der Waals surface area contributed by atoms with Crippen LogP contribution in [0.4, 0.5) is 0 Å². The Morgan fingerprint density at radius 3 is 2.61 bits per heavy atom. The number of unbranched alkanes of at least 4 members (excludes halogenated alkanes) is 1. The number of hydrogen-bond donors (Lipinski definition) is 1. The molecule has 0 aromatic heterocycles. The van der Waals surface area contributed by atoms with Crippen molar-refractivity contribution in [1.82, 2.24) is 0 Å². The third kappa shape index (κ3) is 5.07. The molecule has 0 saturated carbocycles. The van der Waals surface area contributed by atoms with Crippen molar-refractivity contribution in [3.63, 3.8) is 0 Å². The maximum Gasteiger partial charge on any atom is 0.122 e. The van der Waals surface area contributed by atoms with Crippen LogP contribution in [-0.2, 0) is 4.74 Å². The first kappa shape index (κ1) is 15.0. The molecule has 0 unspecified atom stereocenters. The van der Waals surface area contributed by atoms with Crippen LogP contribution in [0.15, 0.2) is 18.2 Å². The van der Waals surface area contributed by atoms with Crippen molar-refractivity contribution in [2.75, 3.05) is 19.8 Å². The van der Waals surface area contributed by atoms with Crippen LogP contribution in [-0.4, -0.2) is 24.9 Å². The van der Waals surface area contributed by atoms with Crippen molar-refractivity contribution in [3.05, 3.63) is 29.3 Å². The lowest BCUT2D eigenvalue weighted by Gasteiger charge is -2.12. The van der Waals surface area contributed by atoms with Crippen molar-refractivity contribution in [2.24, 2.45) is 0 Å². The number of aliphatic hydroxyl groups excluding tert-OH is 1. The second-order valence-electron chi connectivity index (χ2n) is 4.52. The van der Waals surface area contributed by atoms with Crippen LogP contribution in [0.3, 0.4) is 0 Å². The maximum atomic E-state index is 9.47. The fourth-order valence-corrected chi connectivity index (χ4v) is 1.65. The summed E-state index contributed by atoms with van der Waals surface area (Å²) in [5.41, 5.74) is 1.96. The van der Waals surface area contributed by atoms with Gasteiger partial charge in [0.25, 0.3) is 0 Å². The topological polar surface area (TPSA) is 38.7 Å². The molecular formula is C15H24O3. The van der Waals surface area contributed by atoms with Gasteiger partial charge in [-0.1, -0.05) is 19.4 Å². The molecule has 1 aromatic carbocycles. The van der Waals surface area contributed by atoms with Crippen molar-refractivity contribution in [3.8, 4) is 5.75 Å². The molecule has 0 aliphatic rings. The number of aryl methyl sites for hydroxylation is 1. The Morgan fingerprint density at radius 2 is 2.00 bits per heavy atom. The lowest BCUT2D eigenvalue weighted by molar-refractivity contribution is 0.0978. The predicted molar refractivity (Wildman–Crippen MR) is 73.0 cm³/mol. The van der Waals surface area contributed by atoms with Gasteiger partial charge in [-0.15, -0.1) is 0 Å². The number of hydrogen-bond acceptors (Lipinski definition) is 3. The highest BCUT2D eigenvalue weighted by Crippen LogP contribution is 2.22. The number of aliphatic hydroxyl groups is 1. The Hall–Kier alpha value is -1.06. The second-order valence-corrected chi connectivity index (χ2v) is 4.52. The summed E-state index contributed by atoms with van der Waals surface area (Å²) in [5, 5.41) is 9.47. The quantitative estimate of drug-likeness (QED) is 0.722. The SMILES string of the molecule is CCCCOCCOc1ccc([C@H](C)O)cc1C. The molecule has 3 nitrogen and oxygen atoms in total. The van der Waals surface area contributed by atoms with Crippen molar-refractivity contribution in [2.45, 2.75) is 39.7 Å². The molecule has 0 bridgehead atoms. The monoisotopic (exact) mass is 252 g/mol. The first-order valence-electron chi connectivity index (χ1n) is 6.64. The van der Waals surface area contributed by atoms with Gasteiger partial charge in [-0.25, -0.2) is 0 Å². The standard InChI is InChI=1S/C15H24O3/c1-4-5-8-17-9-10-18-15-7-6-14(13(3)16)11-12(15)2/h6-7,11,13,16H,4-5,8-10H2,1-3H3/t13-/m0/s1. The van der Waals surface area contributed by atoms with E-state index in [4.69, 9.17) is 9.47 Å². The van der Waals surface area contributed by atoms with Crippen LogP contribution in [0.25, 0.3) is 0 Å². The summed E-state index contributed by atoms with van der Waals surface area (Å²) >= 11 is 0. The molecule has 0 aliphatic heterocycles. The van der Waals surface area contributed by atoms with E-state index in [2.05, 4.69) is 6.92 Å². The molecule has 0 aliphatic carbocycles. The van der Waals surface area contributed by atoms with Gasteiger partial charge in [-0.05, 0) is 43.5 Å². The summed E-state index contributed by atoms with van der Waals surface area (Å²) in [6.07, 6.45) is 1.82. The summed E-state index contributed by atoms with van der Waals surface area (Å²) in [6.45, 7) is 7.89. The summed E-state index contributed by atoms with van der Waals surface area (Å²) in [5.74, 6) is 0.860. The lowest BCUT2D eigenvalue weighted by atomic mass is 10.1. The number of ether oxygens (including phenoxy) is 2. The van der Waals surface area contributed by atoms with Gasteiger partial charge in [0, 0.05) is 6.61 Å². The zero-order chi connectivity index (χ0) is 13.4. The van der Waals surface area contributed by atoms with Crippen LogP contribution in [0.2, 0.25) is 0 Å². The number of rotatable bonds is 8. The van der Waals surface area contributed by atoms with E-state index in [0.29, 0.717) is 13.2 Å². The Bertz CT molecular complexity index is 348. The molecule has 102 valence electrons. The van der Waals surface area contributed by atoms with E-state index < -0.39 is 6.10 Å². The van der Waals surface area contributed by atoms with Crippen molar-refractivity contribution in [1.29, 1.82) is 0 Å². The normalized spacial score (nSPS) is 12.4. The first-order valence-corrected chi connectivity index (χ1v) is 6.64. The van der Waals surface area contributed by atoms with Gasteiger partial charge in [0.15, 0.2) is 0 Å². The summed E-state index contributed by atoms with van der Waals surface area (Å²) in [6, 6.07) is 5.76. The Kier molecular flexibility index (Phi) is 6.76. The molecule has 0 saturated heterocycles. The molecule has 0 fully saturated rings. The minimum Gasteiger partial charge on any atom is -0.491 e. The molecule has 3 heteroatoms. The molecule has 18 heavy (non-hydrogen) atoms. The van der Waals surface area contributed by atoms with Crippen LogP contribution in [0, 0.1) is 6.92 Å². The minimum absolute atomic E-state index is 0.435. The van der Waals surface area contributed by atoms with Gasteiger partial charge in [-0.3, -0.25) is 0 Å². The summed E-state index contributed by atoms with van der Waals surface area (Å²) in [4.78, 5) is 0. The average molecular weight is 252 g/mol. The largest absolute Gasteiger partial charge is 0.491 e. The third-order valence-corrected chi connectivity index (χ3v) is 2.81. The van der Waals surface area contributed by atoms with Crippen LogP contribution in [0.5, 0.6) is 5.75 Å². The second kappa shape index (κ2) is 8.11. The third-order valence-electron chi connectivity index (χ3n) is 2.81. The first-order chi connectivity index (χ1) is 8.65. The smallest absolute Gasteiger partial charge is 0.122 e. The lowest BCUT2D eigenvalue weighted by Crippen LogP contribution is -2.08. The summed E-state index contributed by atoms with van der Waals surface area (Å²) < 4.78 is 11.1. The highest BCUT2D eigenvalue weighted by Gasteiger charge is 2.04. The van der Waals surface area contributed by atoms with Crippen molar-refractivity contribution >= 4 is 0 Å². The molecule has 0 spiro atoms. The molecular weight excluding hydrogens is 228 g/mol. The van der Waals surface area contributed by atoms with Crippen LogP contribution in [0.1, 0.15) is 43.9 Å². The van der Waals surface area contributed by atoms with Crippen LogP contribution >= 0.6 is 0 Å². The van der Waals surface area contributed by atoms with Gasteiger partial charge in [-0.2, -0.15) is 0 Å². The van der Waals surface area contributed by atoms with E-state index in [9.17, 15) is 5.11 Å². The highest BCUT2D eigenvalue weighted by atomic mass is 16.5. The summed E-state index contributed by atoms with van der Waals surface area (Å²) in [7, 11) is 0. The van der Waals surface area contributed by atoms with Crippen molar-refractivity contribution < 1.29 is 14.6 Å². The molecule has 1 N–H and O–H groups in total. The predicted octanol–water partition coefficient (Wildman–Crippen LogP) is 3.24. The van der Waals surface area contributed by atoms with Gasteiger partial charge in [0.05, 0.1) is 12.7 Å². The minimum atomic E-state index is -0.435. The van der Waals surface area contributed by atoms with Gasteiger partial charge >= 0.3 is 0 Å². The van der Waals surface area contributed by atoms with Gasteiger partial charge in [0.1, 0.15) is 12.4 Å². The molecule has 1 atom stereocenters. The number of benzene rings is 1. The van der Waals surface area contributed by atoms with E-state index >= 15 is 0 Å². The van der Waals surface area contributed by atoms with E-state index in [0.717, 1.165) is 36.3 Å². The molecule has 0 amide bonds. The molecule has 0 radical (unpaired) electrons. The highest BCUT2D eigenvalue weighted by molar-refractivity contribution is 5.36. The fraction of sp³-hybridized carbons (Fsp3) is 0.600. The Balaban J connectivity index is 2.34. The molecule has 1 aromatic rings. The Morgan fingerprint density at radius 1 is 1.22 bits per heavy atom. The fourth-order valence-electron chi connectivity index (χ4n) is 1.65. The van der Waals surface area contributed by atoms with E-state index in [1.165, 1.54) is 0 Å². The average Bonchev–Trinajstić information content (AvgIpc) is 2.35. The van der Waals surface area contributed by atoms with E-state index in [1.807, 2.05) is 25.1 Å².